The number of anilines is 1. The molecule has 19 heavy (non-hydrogen) atoms. The molecular formula is C14H22N2O3. The molecule has 0 spiro atoms. The molecule has 1 amide bonds. The minimum atomic E-state index is -0.0560. The summed E-state index contributed by atoms with van der Waals surface area (Å²) in [6.45, 7) is 5.26. The van der Waals surface area contributed by atoms with Gasteiger partial charge in [-0.15, -0.1) is 0 Å². The molecule has 106 valence electrons. The maximum atomic E-state index is 11.4. The van der Waals surface area contributed by atoms with Crippen molar-refractivity contribution < 1.29 is 14.3 Å². The first-order valence-electron chi connectivity index (χ1n) is 6.38. The third-order valence-electron chi connectivity index (χ3n) is 2.31. The van der Waals surface area contributed by atoms with E-state index in [4.69, 9.17) is 9.47 Å². The van der Waals surface area contributed by atoms with Crippen molar-refractivity contribution in [2.45, 2.75) is 20.0 Å². The van der Waals surface area contributed by atoms with Crippen LogP contribution in [-0.2, 0) is 9.53 Å². The van der Waals surface area contributed by atoms with Crippen molar-refractivity contribution in [3.05, 3.63) is 24.3 Å². The zero-order chi connectivity index (χ0) is 14.1. The third kappa shape index (κ3) is 6.67. The molecule has 0 aliphatic carbocycles. The second kappa shape index (κ2) is 8.37. The number of nitrogens with one attached hydrogen (secondary N) is 2. The molecule has 0 unspecified atom stereocenters. The van der Waals surface area contributed by atoms with Crippen molar-refractivity contribution in [1.82, 2.24) is 5.32 Å². The van der Waals surface area contributed by atoms with Crippen molar-refractivity contribution in [2.24, 2.45) is 0 Å². The van der Waals surface area contributed by atoms with Gasteiger partial charge in [0.1, 0.15) is 5.75 Å². The lowest BCUT2D eigenvalue weighted by Crippen LogP contribution is -2.32. The van der Waals surface area contributed by atoms with Crippen LogP contribution in [0.2, 0.25) is 0 Å². The Morgan fingerprint density at radius 1 is 1.26 bits per heavy atom. The van der Waals surface area contributed by atoms with Crippen LogP contribution in [0, 0.1) is 0 Å². The fraction of sp³-hybridized carbons (Fsp3) is 0.500. The molecule has 0 bridgehead atoms. The summed E-state index contributed by atoms with van der Waals surface area (Å²) in [6.07, 6.45) is 0.158. The highest BCUT2D eigenvalue weighted by molar-refractivity contribution is 5.80. The molecule has 0 saturated heterocycles. The Hall–Kier alpha value is -1.75. The molecule has 0 atom stereocenters. The monoisotopic (exact) mass is 266 g/mol. The predicted molar refractivity (Wildman–Crippen MR) is 75.6 cm³/mol. The largest absolute Gasteiger partial charge is 0.491 e. The average molecular weight is 266 g/mol. The van der Waals surface area contributed by atoms with E-state index in [0.29, 0.717) is 13.2 Å². The van der Waals surface area contributed by atoms with E-state index in [1.807, 2.05) is 38.1 Å². The van der Waals surface area contributed by atoms with Crippen LogP contribution in [0.1, 0.15) is 13.8 Å². The quantitative estimate of drug-likeness (QED) is 0.702. The van der Waals surface area contributed by atoms with Crippen molar-refractivity contribution in [2.75, 3.05) is 32.1 Å². The number of carbonyl (C=O) groups is 1. The van der Waals surface area contributed by atoms with Gasteiger partial charge in [0.2, 0.25) is 5.91 Å². The molecule has 0 radical (unpaired) electrons. The molecule has 5 heteroatoms. The Kier molecular flexibility index (Phi) is 6.74. The maximum absolute atomic E-state index is 11.4. The van der Waals surface area contributed by atoms with E-state index < -0.39 is 0 Å². The van der Waals surface area contributed by atoms with Crippen molar-refractivity contribution in [3.63, 3.8) is 0 Å². The summed E-state index contributed by atoms with van der Waals surface area (Å²) in [5, 5.41) is 5.78. The normalized spacial score (nSPS) is 10.3. The number of hydrogen-bond donors (Lipinski definition) is 2. The number of rotatable bonds is 8. The Morgan fingerprint density at radius 2 is 1.95 bits per heavy atom. The number of benzene rings is 1. The van der Waals surface area contributed by atoms with Gasteiger partial charge in [0.05, 0.1) is 19.3 Å². The summed E-state index contributed by atoms with van der Waals surface area (Å²) in [5.41, 5.74) is 0.887. The van der Waals surface area contributed by atoms with E-state index in [-0.39, 0.29) is 18.6 Å². The van der Waals surface area contributed by atoms with Crippen LogP contribution < -0.4 is 15.4 Å². The molecule has 1 aromatic carbocycles. The summed E-state index contributed by atoms with van der Waals surface area (Å²) in [4.78, 5) is 11.4. The molecule has 1 rings (SSSR count). The predicted octanol–water partition coefficient (Wildman–Crippen LogP) is 1.65. The van der Waals surface area contributed by atoms with Crippen LogP contribution in [0.15, 0.2) is 24.3 Å². The molecule has 0 aliphatic rings. The van der Waals surface area contributed by atoms with E-state index in [1.54, 1.807) is 7.11 Å². The van der Waals surface area contributed by atoms with Gasteiger partial charge in [-0.3, -0.25) is 4.79 Å². The first-order valence-corrected chi connectivity index (χ1v) is 6.38. The van der Waals surface area contributed by atoms with Gasteiger partial charge in [-0.1, -0.05) is 0 Å². The summed E-state index contributed by atoms with van der Waals surface area (Å²) in [5.74, 6) is 0.768. The van der Waals surface area contributed by atoms with E-state index in [2.05, 4.69) is 10.6 Å². The highest BCUT2D eigenvalue weighted by atomic mass is 16.5. The molecule has 5 nitrogen and oxygen atoms in total. The van der Waals surface area contributed by atoms with Gasteiger partial charge in [-0.2, -0.15) is 0 Å². The minimum absolute atomic E-state index is 0.0560. The summed E-state index contributed by atoms with van der Waals surface area (Å²) < 4.78 is 10.4. The van der Waals surface area contributed by atoms with Crippen molar-refractivity contribution in [1.29, 1.82) is 0 Å². The molecule has 0 aliphatic heterocycles. The fourth-order valence-corrected chi connectivity index (χ4v) is 1.46. The van der Waals surface area contributed by atoms with Crippen LogP contribution in [0.25, 0.3) is 0 Å². The molecule has 1 aromatic rings. The van der Waals surface area contributed by atoms with Gasteiger partial charge in [-0.25, -0.2) is 0 Å². The van der Waals surface area contributed by atoms with Gasteiger partial charge in [0.15, 0.2) is 0 Å². The lowest BCUT2D eigenvalue weighted by Gasteiger charge is -2.11. The average Bonchev–Trinajstić information content (AvgIpc) is 2.37. The summed E-state index contributed by atoms with van der Waals surface area (Å²) in [6, 6.07) is 7.54. The highest BCUT2D eigenvalue weighted by Gasteiger charge is 2.01. The van der Waals surface area contributed by atoms with Crippen LogP contribution in [-0.4, -0.2) is 38.8 Å². The first kappa shape index (κ1) is 15.3. The van der Waals surface area contributed by atoms with Crippen LogP contribution >= 0.6 is 0 Å². The number of amides is 1. The fourth-order valence-electron chi connectivity index (χ4n) is 1.46. The molecule has 0 aromatic heterocycles. The minimum Gasteiger partial charge on any atom is -0.491 e. The Labute approximate surface area is 114 Å². The number of methoxy groups -OCH3 is 1. The van der Waals surface area contributed by atoms with Gasteiger partial charge in [-0.05, 0) is 38.1 Å². The van der Waals surface area contributed by atoms with E-state index >= 15 is 0 Å². The topological polar surface area (TPSA) is 59.6 Å². The zero-order valence-corrected chi connectivity index (χ0v) is 11.7. The maximum Gasteiger partial charge on any atom is 0.239 e. The van der Waals surface area contributed by atoms with E-state index in [1.165, 1.54) is 0 Å². The van der Waals surface area contributed by atoms with Gasteiger partial charge in [0, 0.05) is 19.3 Å². The first-order chi connectivity index (χ1) is 9.11. The van der Waals surface area contributed by atoms with E-state index in [9.17, 15) is 4.79 Å². The second-order valence-corrected chi connectivity index (χ2v) is 4.39. The lowest BCUT2D eigenvalue weighted by atomic mass is 10.3. The standard InChI is InChI=1S/C14H22N2O3/c1-11(2)19-13-6-4-12(5-7-13)16-10-14(17)15-8-9-18-3/h4-7,11,16H,8-10H2,1-3H3,(H,15,17). The Bertz CT molecular complexity index is 377. The SMILES string of the molecule is COCCNC(=O)CNc1ccc(OC(C)C)cc1. The summed E-state index contributed by atoms with van der Waals surface area (Å²) in [7, 11) is 1.60. The van der Waals surface area contributed by atoms with Gasteiger partial charge in [0.25, 0.3) is 0 Å². The molecule has 2 N–H and O–H groups in total. The van der Waals surface area contributed by atoms with Crippen LogP contribution in [0.4, 0.5) is 5.69 Å². The smallest absolute Gasteiger partial charge is 0.239 e. The molecule has 0 fully saturated rings. The van der Waals surface area contributed by atoms with Gasteiger partial charge < -0.3 is 20.1 Å². The zero-order valence-electron chi connectivity index (χ0n) is 11.7. The molecule has 0 saturated carbocycles. The van der Waals surface area contributed by atoms with Crippen molar-refractivity contribution in [3.8, 4) is 5.75 Å². The molecular weight excluding hydrogens is 244 g/mol. The van der Waals surface area contributed by atoms with Crippen LogP contribution in [0.5, 0.6) is 5.75 Å². The van der Waals surface area contributed by atoms with Crippen molar-refractivity contribution >= 4 is 11.6 Å². The number of hydrogen-bond acceptors (Lipinski definition) is 4. The second-order valence-electron chi connectivity index (χ2n) is 4.39. The van der Waals surface area contributed by atoms with Crippen LogP contribution in [0.3, 0.4) is 0 Å². The Balaban J connectivity index is 2.31. The highest BCUT2D eigenvalue weighted by Crippen LogP contribution is 2.16. The van der Waals surface area contributed by atoms with Gasteiger partial charge >= 0.3 is 0 Å². The summed E-state index contributed by atoms with van der Waals surface area (Å²) >= 11 is 0. The molecule has 0 heterocycles. The van der Waals surface area contributed by atoms with E-state index in [0.717, 1.165) is 11.4 Å². The lowest BCUT2D eigenvalue weighted by molar-refractivity contribution is -0.119. The Morgan fingerprint density at radius 3 is 2.53 bits per heavy atom. The number of carbonyl (C=O) groups excluding carboxylic acids is 1. The third-order valence-corrected chi connectivity index (χ3v) is 2.31. The number of ether oxygens (including phenoxy) is 2.